The summed E-state index contributed by atoms with van der Waals surface area (Å²) < 4.78 is 10.9. The van der Waals surface area contributed by atoms with E-state index in [-0.39, 0.29) is 5.91 Å². The molecule has 6 nitrogen and oxygen atoms in total. The first kappa shape index (κ1) is 17.3. The number of amides is 1. The fraction of sp³-hybridized carbons (Fsp3) is 0.238. The Bertz CT molecular complexity index is 908. The standard InChI is InChI=1S/C21H19NO5/c1-26-15-8-7-13(12-5-3-2-4-6-12)11-14(15)22-20(23)18-16-9-10-17(27-16)19(18)21(24)25/h2-11,16-19H,1H3,(H,22,23)(H,24,25)/t16-,17+,18-,19+/m1/s1. The average molecular weight is 365 g/mol. The summed E-state index contributed by atoms with van der Waals surface area (Å²) in [5.41, 5.74) is 2.43. The predicted octanol–water partition coefficient (Wildman–Crippen LogP) is 2.95. The number of rotatable bonds is 5. The highest BCUT2D eigenvalue weighted by Gasteiger charge is 2.53. The highest BCUT2D eigenvalue weighted by Crippen LogP contribution is 2.40. The Morgan fingerprint density at radius 2 is 1.70 bits per heavy atom. The van der Waals surface area contributed by atoms with Gasteiger partial charge in [0.15, 0.2) is 0 Å². The molecule has 0 aliphatic carbocycles. The van der Waals surface area contributed by atoms with Gasteiger partial charge in [0.25, 0.3) is 0 Å². The summed E-state index contributed by atoms with van der Waals surface area (Å²) in [6.45, 7) is 0. The maximum absolute atomic E-state index is 12.9. The zero-order valence-electron chi connectivity index (χ0n) is 14.7. The molecule has 4 rings (SSSR count). The van der Waals surface area contributed by atoms with Gasteiger partial charge in [-0.15, -0.1) is 0 Å². The molecule has 138 valence electrons. The van der Waals surface area contributed by atoms with Crippen LogP contribution in [0.25, 0.3) is 11.1 Å². The molecular formula is C21H19NO5. The van der Waals surface area contributed by atoms with Gasteiger partial charge in [0, 0.05) is 0 Å². The van der Waals surface area contributed by atoms with E-state index in [0.29, 0.717) is 11.4 Å². The van der Waals surface area contributed by atoms with Crippen molar-refractivity contribution >= 4 is 17.6 Å². The van der Waals surface area contributed by atoms with Gasteiger partial charge < -0.3 is 19.9 Å². The van der Waals surface area contributed by atoms with E-state index >= 15 is 0 Å². The lowest BCUT2D eigenvalue weighted by atomic mass is 9.82. The summed E-state index contributed by atoms with van der Waals surface area (Å²) in [6.07, 6.45) is 2.40. The summed E-state index contributed by atoms with van der Waals surface area (Å²) >= 11 is 0. The highest BCUT2D eigenvalue weighted by atomic mass is 16.5. The Labute approximate surface area is 156 Å². The number of aliphatic carboxylic acids is 1. The van der Waals surface area contributed by atoms with Crippen molar-refractivity contribution in [3.63, 3.8) is 0 Å². The first-order valence-electron chi connectivity index (χ1n) is 8.69. The minimum Gasteiger partial charge on any atom is -0.495 e. The molecule has 0 aromatic heterocycles. The van der Waals surface area contributed by atoms with Crippen molar-refractivity contribution < 1.29 is 24.2 Å². The molecule has 1 fully saturated rings. The van der Waals surface area contributed by atoms with Crippen LogP contribution in [0.5, 0.6) is 5.75 Å². The van der Waals surface area contributed by atoms with Gasteiger partial charge >= 0.3 is 5.97 Å². The lowest BCUT2D eigenvalue weighted by Gasteiger charge is -2.22. The number of fused-ring (bicyclic) bond motifs is 2. The lowest BCUT2D eigenvalue weighted by Crippen LogP contribution is -2.39. The number of ether oxygens (including phenoxy) is 2. The maximum atomic E-state index is 12.9. The number of methoxy groups -OCH3 is 1. The second-order valence-corrected chi connectivity index (χ2v) is 6.61. The van der Waals surface area contributed by atoms with Crippen LogP contribution in [0.3, 0.4) is 0 Å². The van der Waals surface area contributed by atoms with E-state index in [1.165, 1.54) is 7.11 Å². The molecule has 1 amide bonds. The molecule has 0 unspecified atom stereocenters. The molecule has 6 heteroatoms. The fourth-order valence-electron chi connectivity index (χ4n) is 3.75. The summed E-state index contributed by atoms with van der Waals surface area (Å²) in [7, 11) is 1.52. The van der Waals surface area contributed by atoms with Gasteiger partial charge in [-0.2, -0.15) is 0 Å². The van der Waals surface area contributed by atoms with Gasteiger partial charge in [-0.1, -0.05) is 48.6 Å². The number of nitrogens with one attached hydrogen (secondary N) is 1. The maximum Gasteiger partial charge on any atom is 0.310 e. The molecule has 27 heavy (non-hydrogen) atoms. The Balaban J connectivity index is 1.63. The van der Waals surface area contributed by atoms with Gasteiger partial charge in [-0.05, 0) is 23.3 Å². The van der Waals surface area contributed by atoms with Crippen molar-refractivity contribution in [2.75, 3.05) is 12.4 Å². The van der Waals surface area contributed by atoms with E-state index in [1.807, 2.05) is 42.5 Å². The SMILES string of the molecule is COc1ccc(-c2ccccc2)cc1NC(=O)[C@H]1[C@@H](C(=O)O)[C@@H]2C=C[C@H]1O2. The topological polar surface area (TPSA) is 84.9 Å². The molecule has 2 aliphatic rings. The van der Waals surface area contributed by atoms with Crippen molar-refractivity contribution in [2.24, 2.45) is 11.8 Å². The van der Waals surface area contributed by atoms with Crippen molar-refractivity contribution in [1.82, 2.24) is 0 Å². The van der Waals surface area contributed by atoms with Crippen LogP contribution < -0.4 is 10.1 Å². The Hall–Kier alpha value is -3.12. The molecule has 2 aromatic carbocycles. The van der Waals surface area contributed by atoms with Crippen LogP contribution in [0.15, 0.2) is 60.7 Å². The van der Waals surface area contributed by atoms with E-state index in [4.69, 9.17) is 9.47 Å². The molecule has 2 bridgehead atoms. The van der Waals surface area contributed by atoms with Crippen LogP contribution in [0.4, 0.5) is 5.69 Å². The summed E-state index contributed by atoms with van der Waals surface area (Å²) in [4.78, 5) is 24.5. The number of carbonyl (C=O) groups excluding carboxylic acids is 1. The summed E-state index contributed by atoms with van der Waals surface area (Å²) in [5.74, 6) is -2.57. The number of hydrogen-bond donors (Lipinski definition) is 2. The number of carboxylic acids is 1. The van der Waals surface area contributed by atoms with E-state index in [9.17, 15) is 14.7 Å². The number of carboxylic acid groups (broad SMARTS) is 1. The third kappa shape index (κ3) is 3.08. The van der Waals surface area contributed by atoms with Crippen LogP contribution in [-0.2, 0) is 14.3 Å². The van der Waals surface area contributed by atoms with Crippen molar-refractivity contribution in [2.45, 2.75) is 12.2 Å². The van der Waals surface area contributed by atoms with Crippen molar-refractivity contribution in [1.29, 1.82) is 0 Å². The fourth-order valence-corrected chi connectivity index (χ4v) is 3.75. The molecule has 1 saturated heterocycles. The van der Waals surface area contributed by atoms with Gasteiger partial charge in [-0.25, -0.2) is 0 Å². The van der Waals surface area contributed by atoms with Gasteiger partial charge in [0.1, 0.15) is 11.7 Å². The molecule has 2 aliphatic heterocycles. The van der Waals surface area contributed by atoms with Crippen molar-refractivity contribution in [3.8, 4) is 16.9 Å². The van der Waals surface area contributed by atoms with E-state index in [2.05, 4.69) is 5.32 Å². The number of hydrogen-bond acceptors (Lipinski definition) is 4. The third-order valence-corrected chi connectivity index (χ3v) is 5.05. The average Bonchev–Trinajstić information content (AvgIpc) is 3.30. The summed E-state index contributed by atoms with van der Waals surface area (Å²) in [5, 5.41) is 12.3. The summed E-state index contributed by atoms with van der Waals surface area (Å²) in [6, 6.07) is 15.3. The first-order chi connectivity index (χ1) is 13.1. The minimum absolute atomic E-state index is 0.386. The van der Waals surface area contributed by atoms with Gasteiger partial charge in [-0.3, -0.25) is 9.59 Å². The van der Waals surface area contributed by atoms with Crippen LogP contribution in [0, 0.1) is 11.8 Å². The Morgan fingerprint density at radius 1 is 1.00 bits per heavy atom. The molecule has 0 spiro atoms. The highest BCUT2D eigenvalue weighted by molar-refractivity contribution is 5.98. The van der Waals surface area contributed by atoms with E-state index < -0.39 is 30.0 Å². The number of benzene rings is 2. The normalized spacial score (nSPS) is 25.4. The van der Waals surface area contributed by atoms with Crippen LogP contribution in [0.2, 0.25) is 0 Å². The van der Waals surface area contributed by atoms with Gasteiger partial charge in [0.2, 0.25) is 5.91 Å². The van der Waals surface area contributed by atoms with E-state index in [0.717, 1.165) is 11.1 Å². The van der Waals surface area contributed by atoms with E-state index in [1.54, 1.807) is 18.2 Å². The van der Waals surface area contributed by atoms with Crippen LogP contribution in [0.1, 0.15) is 0 Å². The first-order valence-corrected chi connectivity index (χ1v) is 8.69. The Kier molecular flexibility index (Phi) is 4.41. The zero-order chi connectivity index (χ0) is 19.0. The molecular weight excluding hydrogens is 346 g/mol. The van der Waals surface area contributed by atoms with Crippen LogP contribution >= 0.6 is 0 Å². The lowest BCUT2D eigenvalue weighted by molar-refractivity contribution is -0.145. The molecule has 4 atom stereocenters. The minimum atomic E-state index is -1.03. The molecule has 2 N–H and O–H groups in total. The van der Waals surface area contributed by atoms with Gasteiger partial charge in [0.05, 0.1) is 30.9 Å². The monoisotopic (exact) mass is 365 g/mol. The van der Waals surface area contributed by atoms with Crippen molar-refractivity contribution in [3.05, 3.63) is 60.7 Å². The second kappa shape index (κ2) is 6.89. The smallest absolute Gasteiger partial charge is 0.310 e. The van der Waals surface area contributed by atoms with Crippen LogP contribution in [-0.4, -0.2) is 36.3 Å². The molecule has 2 heterocycles. The number of anilines is 1. The Morgan fingerprint density at radius 3 is 2.37 bits per heavy atom. The molecule has 0 radical (unpaired) electrons. The predicted molar refractivity (Wildman–Crippen MR) is 99.5 cm³/mol. The second-order valence-electron chi connectivity index (χ2n) is 6.61. The third-order valence-electron chi connectivity index (χ3n) is 5.05. The molecule has 0 saturated carbocycles. The zero-order valence-corrected chi connectivity index (χ0v) is 14.7. The quantitative estimate of drug-likeness (QED) is 0.796. The number of carbonyl (C=O) groups is 2. The largest absolute Gasteiger partial charge is 0.495 e. The molecule has 2 aromatic rings.